The second-order valence-electron chi connectivity index (χ2n) is 5.25. The number of carboxylic acid groups (broad SMARTS) is 1. The number of aliphatic carboxylic acids is 1. The maximum atomic E-state index is 11.2. The van der Waals surface area contributed by atoms with Gasteiger partial charge in [0, 0.05) is 12.7 Å². The van der Waals surface area contributed by atoms with Crippen LogP contribution in [0.5, 0.6) is 0 Å². The van der Waals surface area contributed by atoms with Crippen LogP contribution in [0.1, 0.15) is 36.7 Å². The third kappa shape index (κ3) is 2.28. The number of hydrogen-bond acceptors (Lipinski definition) is 3. The summed E-state index contributed by atoms with van der Waals surface area (Å²) < 4.78 is 2.06. The summed E-state index contributed by atoms with van der Waals surface area (Å²) in [5.74, 6) is 2.86. The first-order chi connectivity index (χ1) is 8.74. The van der Waals surface area contributed by atoms with Crippen LogP contribution in [0.4, 0.5) is 0 Å². The summed E-state index contributed by atoms with van der Waals surface area (Å²) in [5, 5.41) is 9.22. The van der Waals surface area contributed by atoms with E-state index >= 15 is 0 Å². The fourth-order valence-electron chi connectivity index (χ4n) is 2.91. The molecule has 2 aliphatic heterocycles. The summed E-state index contributed by atoms with van der Waals surface area (Å²) in [6.45, 7) is 0.922. The Morgan fingerprint density at radius 3 is 3.17 bits per heavy atom. The van der Waals surface area contributed by atoms with Crippen molar-refractivity contribution in [2.45, 2.75) is 38.1 Å². The van der Waals surface area contributed by atoms with Gasteiger partial charge in [-0.3, -0.25) is 4.79 Å². The molecule has 0 bridgehead atoms. The number of rotatable bonds is 3. The summed E-state index contributed by atoms with van der Waals surface area (Å²) in [5.41, 5.74) is 1.09. The van der Waals surface area contributed by atoms with E-state index in [0.29, 0.717) is 0 Å². The summed E-state index contributed by atoms with van der Waals surface area (Å²) in [6, 6.07) is 0. The maximum absolute atomic E-state index is 11.2. The van der Waals surface area contributed by atoms with Crippen molar-refractivity contribution in [2.75, 3.05) is 11.5 Å². The standard InChI is InChI=1S/C13H18N2O2S/c16-13(17)11-2-1-4-15-7-10(14-12(11)15)6-9-3-5-18-8-9/h7,9,11H,1-6,8H2,(H,16,17). The van der Waals surface area contributed by atoms with Gasteiger partial charge in [-0.2, -0.15) is 11.8 Å². The van der Waals surface area contributed by atoms with E-state index in [1.165, 1.54) is 17.9 Å². The van der Waals surface area contributed by atoms with E-state index in [4.69, 9.17) is 0 Å². The van der Waals surface area contributed by atoms with Gasteiger partial charge >= 0.3 is 5.97 Å². The summed E-state index contributed by atoms with van der Waals surface area (Å²) in [4.78, 5) is 15.8. The highest BCUT2D eigenvalue weighted by Gasteiger charge is 2.29. The quantitative estimate of drug-likeness (QED) is 0.910. The minimum absolute atomic E-state index is 0.398. The molecule has 2 aliphatic rings. The van der Waals surface area contributed by atoms with Crippen LogP contribution in [0.15, 0.2) is 6.20 Å². The predicted octanol–water partition coefficient (Wildman–Crippen LogP) is 2.14. The number of hydrogen-bond donors (Lipinski definition) is 1. The molecule has 3 heterocycles. The highest BCUT2D eigenvalue weighted by atomic mass is 32.2. The predicted molar refractivity (Wildman–Crippen MR) is 71.0 cm³/mol. The molecule has 1 aromatic rings. The highest BCUT2D eigenvalue weighted by Crippen LogP contribution is 2.30. The zero-order valence-corrected chi connectivity index (χ0v) is 11.2. The third-order valence-corrected chi connectivity index (χ3v) is 5.11. The molecule has 1 saturated heterocycles. The van der Waals surface area contributed by atoms with Gasteiger partial charge < -0.3 is 9.67 Å². The fourth-order valence-corrected chi connectivity index (χ4v) is 4.20. The maximum Gasteiger partial charge on any atom is 0.314 e. The smallest absolute Gasteiger partial charge is 0.314 e. The van der Waals surface area contributed by atoms with Crippen LogP contribution in [0.3, 0.4) is 0 Å². The second kappa shape index (κ2) is 4.96. The van der Waals surface area contributed by atoms with Crippen LogP contribution in [0.2, 0.25) is 0 Å². The van der Waals surface area contributed by atoms with Crippen molar-refractivity contribution in [2.24, 2.45) is 5.92 Å². The van der Waals surface area contributed by atoms with Crippen molar-refractivity contribution in [1.82, 2.24) is 9.55 Å². The van der Waals surface area contributed by atoms with Gasteiger partial charge in [0.2, 0.25) is 0 Å². The first kappa shape index (κ1) is 12.1. The fraction of sp³-hybridized carbons (Fsp3) is 0.692. The molecule has 0 saturated carbocycles. The van der Waals surface area contributed by atoms with Crippen LogP contribution in [-0.2, 0) is 17.8 Å². The first-order valence-corrected chi connectivity index (χ1v) is 7.76. The molecular formula is C13H18N2O2S. The number of carboxylic acids is 1. The summed E-state index contributed by atoms with van der Waals surface area (Å²) in [7, 11) is 0. The molecule has 1 aromatic heterocycles. The number of aryl methyl sites for hydroxylation is 1. The summed E-state index contributed by atoms with van der Waals surface area (Å²) in [6.07, 6.45) is 6.03. The minimum Gasteiger partial charge on any atom is -0.481 e. The Morgan fingerprint density at radius 2 is 2.44 bits per heavy atom. The SMILES string of the molecule is O=C(O)C1CCCn2cc(CC3CCSC3)nc21. The lowest BCUT2D eigenvalue weighted by atomic mass is 9.99. The van der Waals surface area contributed by atoms with Crippen molar-refractivity contribution < 1.29 is 9.90 Å². The van der Waals surface area contributed by atoms with Crippen molar-refractivity contribution in [3.8, 4) is 0 Å². The number of imidazole rings is 1. The Labute approximate surface area is 111 Å². The van der Waals surface area contributed by atoms with Crippen LogP contribution < -0.4 is 0 Å². The van der Waals surface area contributed by atoms with Crippen molar-refractivity contribution in [3.05, 3.63) is 17.7 Å². The molecule has 0 radical (unpaired) electrons. The van der Waals surface area contributed by atoms with Crippen LogP contribution >= 0.6 is 11.8 Å². The number of nitrogens with zero attached hydrogens (tertiary/aromatic N) is 2. The Kier molecular flexibility index (Phi) is 3.33. The Bertz CT molecular complexity index is 452. The molecule has 0 aromatic carbocycles. The van der Waals surface area contributed by atoms with Crippen LogP contribution in [0, 0.1) is 5.92 Å². The molecule has 3 rings (SSSR count). The highest BCUT2D eigenvalue weighted by molar-refractivity contribution is 7.99. The van der Waals surface area contributed by atoms with Gasteiger partial charge in [-0.15, -0.1) is 0 Å². The molecule has 0 spiro atoms. The number of fused-ring (bicyclic) bond motifs is 1. The second-order valence-corrected chi connectivity index (χ2v) is 6.40. The Morgan fingerprint density at radius 1 is 1.56 bits per heavy atom. The normalized spacial score (nSPS) is 27.1. The molecule has 0 aliphatic carbocycles. The van der Waals surface area contributed by atoms with E-state index in [9.17, 15) is 9.90 Å². The van der Waals surface area contributed by atoms with Gasteiger partial charge in [0.25, 0.3) is 0 Å². The zero-order chi connectivity index (χ0) is 12.5. The Balaban J connectivity index is 1.79. The van der Waals surface area contributed by atoms with Crippen molar-refractivity contribution in [3.63, 3.8) is 0 Å². The molecule has 1 N–H and O–H groups in total. The molecule has 4 nitrogen and oxygen atoms in total. The lowest BCUT2D eigenvalue weighted by Gasteiger charge is -2.19. The number of carbonyl (C=O) groups is 1. The van der Waals surface area contributed by atoms with Gasteiger partial charge in [-0.1, -0.05) is 0 Å². The van der Waals surface area contributed by atoms with E-state index in [2.05, 4.69) is 15.7 Å². The molecule has 18 heavy (non-hydrogen) atoms. The van der Waals surface area contributed by atoms with Gasteiger partial charge in [0.05, 0.1) is 5.69 Å². The molecule has 1 fully saturated rings. The Hall–Kier alpha value is -0.970. The molecule has 5 heteroatoms. The molecule has 98 valence electrons. The third-order valence-electron chi connectivity index (χ3n) is 3.88. The lowest BCUT2D eigenvalue weighted by molar-refractivity contribution is -0.139. The lowest BCUT2D eigenvalue weighted by Crippen LogP contribution is -2.22. The topological polar surface area (TPSA) is 55.1 Å². The summed E-state index contributed by atoms with van der Waals surface area (Å²) >= 11 is 2.01. The molecular weight excluding hydrogens is 248 g/mol. The van der Waals surface area contributed by atoms with E-state index in [1.807, 2.05) is 11.8 Å². The monoisotopic (exact) mass is 266 g/mol. The minimum atomic E-state index is -0.732. The van der Waals surface area contributed by atoms with Gasteiger partial charge in [-0.05, 0) is 43.1 Å². The van der Waals surface area contributed by atoms with Crippen molar-refractivity contribution >= 4 is 17.7 Å². The van der Waals surface area contributed by atoms with E-state index < -0.39 is 11.9 Å². The average molecular weight is 266 g/mol. The van der Waals surface area contributed by atoms with Gasteiger partial charge in [0.15, 0.2) is 0 Å². The number of thioether (sulfide) groups is 1. The molecule has 0 amide bonds. The van der Waals surface area contributed by atoms with Crippen LogP contribution in [-0.4, -0.2) is 32.1 Å². The average Bonchev–Trinajstić information content (AvgIpc) is 2.96. The molecule has 2 atom stereocenters. The van der Waals surface area contributed by atoms with Crippen LogP contribution in [0.25, 0.3) is 0 Å². The largest absolute Gasteiger partial charge is 0.481 e. The zero-order valence-electron chi connectivity index (χ0n) is 10.3. The van der Waals surface area contributed by atoms with Crippen molar-refractivity contribution in [1.29, 1.82) is 0 Å². The number of aromatic nitrogens is 2. The van der Waals surface area contributed by atoms with Gasteiger partial charge in [-0.25, -0.2) is 4.98 Å². The molecule has 2 unspecified atom stereocenters. The van der Waals surface area contributed by atoms with E-state index in [-0.39, 0.29) is 0 Å². The first-order valence-electron chi connectivity index (χ1n) is 6.60. The van der Waals surface area contributed by atoms with E-state index in [1.54, 1.807) is 0 Å². The van der Waals surface area contributed by atoms with E-state index in [0.717, 1.165) is 43.2 Å². The van der Waals surface area contributed by atoms with Gasteiger partial charge in [0.1, 0.15) is 11.7 Å².